The van der Waals surface area contributed by atoms with Gasteiger partial charge in [0.1, 0.15) is 0 Å². The number of hydrogen-bond acceptors (Lipinski definition) is 3. The lowest BCUT2D eigenvalue weighted by Crippen LogP contribution is -2.16. The van der Waals surface area contributed by atoms with Crippen molar-refractivity contribution in [3.8, 4) is 5.88 Å². The van der Waals surface area contributed by atoms with Crippen molar-refractivity contribution in [1.29, 1.82) is 0 Å². The molecule has 2 N–H and O–H groups in total. The number of rotatable bonds is 2. The molecule has 2 heterocycles. The molecule has 2 aromatic heterocycles. The first-order valence-electron chi connectivity index (χ1n) is 4.65. The highest BCUT2D eigenvalue weighted by Crippen LogP contribution is 2.14. The number of pyridine rings is 2. The third kappa shape index (κ3) is 1.49. The highest BCUT2D eigenvalue weighted by atomic mass is 16.5. The van der Waals surface area contributed by atoms with Crippen LogP contribution in [0.25, 0.3) is 5.52 Å². The molecule has 0 spiro atoms. The monoisotopic (exact) mass is 204 g/mol. The van der Waals surface area contributed by atoms with E-state index in [-0.39, 0.29) is 5.56 Å². The van der Waals surface area contributed by atoms with Crippen LogP contribution >= 0.6 is 0 Å². The van der Waals surface area contributed by atoms with E-state index in [0.29, 0.717) is 12.4 Å². The van der Waals surface area contributed by atoms with E-state index in [4.69, 9.17) is 10.5 Å². The molecule has 4 nitrogen and oxygen atoms in total. The summed E-state index contributed by atoms with van der Waals surface area (Å²) in [6, 6.07) is 8.68. The van der Waals surface area contributed by atoms with Crippen LogP contribution in [0.1, 0.15) is 5.56 Å². The van der Waals surface area contributed by atoms with E-state index < -0.39 is 0 Å². The molecule has 78 valence electrons. The van der Waals surface area contributed by atoms with Gasteiger partial charge in [0.15, 0.2) is 0 Å². The zero-order valence-electron chi connectivity index (χ0n) is 8.43. The summed E-state index contributed by atoms with van der Waals surface area (Å²) in [5, 5.41) is 0. The second-order valence-corrected chi connectivity index (χ2v) is 3.19. The van der Waals surface area contributed by atoms with E-state index in [1.54, 1.807) is 12.1 Å². The third-order valence-corrected chi connectivity index (χ3v) is 2.36. The molecule has 0 aliphatic carbocycles. The van der Waals surface area contributed by atoms with Crippen LogP contribution in [0, 0.1) is 0 Å². The van der Waals surface area contributed by atoms with Crippen molar-refractivity contribution < 1.29 is 4.74 Å². The Hall–Kier alpha value is -1.81. The van der Waals surface area contributed by atoms with E-state index in [2.05, 4.69) is 0 Å². The molecule has 0 saturated heterocycles. The molecule has 0 amide bonds. The van der Waals surface area contributed by atoms with Crippen molar-refractivity contribution in [1.82, 2.24) is 4.40 Å². The molecule has 0 aliphatic heterocycles. The van der Waals surface area contributed by atoms with Crippen LogP contribution in [0.2, 0.25) is 0 Å². The summed E-state index contributed by atoms with van der Waals surface area (Å²) in [5.74, 6) is 0.521. The number of fused-ring (bicyclic) bond motifs is 1. The van der Waals surface area contributed by atoms with Crippen LogP contribution in [-0.4, -0.2) is 11.5 Å². The molecular weight excluding hydrogens is 192 g/mol. The second kappa shape index (κ2) is 3.74. The lowest BCUT2D eigenvalue weighted by atomic mass is 10.2. The van der Waals surface area contributed by atoms with Gasteiger partial charge in [-0.05, 0) is 17.7 Å². The Labute approximate surface area is 86.9 Å². The SMILES string of the molecule is COc1cccc2c(CN)ccc(=O)n12. The van der Waals surface area contributed by atoms with Crippen molar-refractivity contribution >= 4 is 5.52 Å². The molecule has 0 saturated carbocycles. The van der Waals surface area contributed by atoms with Crippen LogP contribution in [0.3, 0.4) is 0 Å². The number of nitrogens with two attached hydrogens (primary N) is 1. The molecule has 0 bridgehead atoms. The van der Waals surface area contributed by atoms with Crippen molar-refractivity contribution in [2.45, 2.75) is 6.54 Å². The van der Waals surface area contributed by atoms with Gasteiger partial charge in [0, 0.05) is 12.6 Å². The van der Waals surface area contributed by atoms with Gasteiger partial charge >= 0.3 is 0 Å². The first kappa shape index (κ1) is 9.73. The normalized spacial score (nSPS) is 10.5. The lowest BCUT2D eigenvalue weighted by Gasteiger charge is -2.09. The minimum atomic E-state index is -0.111. The molecule has 0 unspecified atom stereocenters. The van der Waals surface area contributed by atoms with Gasteiger partial charge in [-0.15, -0.1) is 0 Å². The Morgan fingerprint density at radius 1 is 1.33 bits per heavy atom. The van der Waals surface area contributed by atoms with Gasteiger partial charge in [0.25, 0.3) is 5.56 Å². The minimum Gasteiger partial charge on any atom is -0.482 e. The van der Waals surface area contributed by atoms with E-state index >= 15 is 0 Å². The zero-order valence-corrected chi connectivity index (χ0v) is 8.43. The maximum absolute atomic E-state index is 11.7. The van der Waals surface area contributed by atoms with E-state index in [0.717, 1.165) is 11.1 Å². The fourth-order valence-electron chi connectivity index (χ4n) is 1.63. The van der Waals surface area contributed by atoms with E-state index in [1.807, 2.05) is 12.1 Å². The number of ether oxygens (including phenoxy) is 1. The summed E-state index contributed by atoms with van der Waals surface area (Å²) in [6.07, 6.45) is 0. The predicted molar refractivity (Wildman–Crippen MR) is 58.1 cm³/mol. The Kier molecular flexibility index (Phi) is 2.43. The number of methoxy groups -OCH3 is 1. The van der Waals surface area contributed by atoms with Gasteiger partial charge in [-0.25, -0.2) is 4.40 Å². The highest BCUT2D eigenvalue weighted by Gasteiger charge is 2.05. The summed E-state index contributed by atoms with van der Waals surface area (Å²) in [4.78, 5) is 11.7. The quantitative estimate of drug-likeness (QED) is 0.786. The summed E-state index contributed by atoms with van der Waals surface area (Å²) in [7, 11) is 1.54. The zero-order chi connectivity index (χ0) is 10.8. The number of aromatic nitrogens is 1. The van der Waals surface area contributed by atoms with Crippen molar-refractivity contribution in [3.05, 3.63) is 46.2 Å². The second-order valence-electron chi connectivity index (χ2n) is 3.19. The van der Waals surface area contributed by atoms with E-state index in [1.165, 1.54) is 17.6 Å². The standard InChI is InChI=1S/C11H12N2O2/c1-15-11-4-2-3-9-8(7-12)5-6-10(14)13(9)11/h2-6H,7,12H2,1H3. The first-order valence-corrected chi connectivity index (χ1v) is 4.65. The Bertz CT molecular complexity index is 546. The lowest BCUT2D eigenvalue weighted by molar-refractivity contribution is 0.390. The van der Waals surface area contributed by atoms with Crippen molar-refractivity contribution in [3.63, 3.8) is 0 Å². The Balaban J connectivity index is 2.93. The van der Waals surface area contributed by atoms with Gasteiger partial charge in [0.2, 0.25) is 5.88 Å². The summed E-state index contributed by atoms with van der Waals surface area (Å²) < 4.78 is 6.65. The van der Waals surface area contributed by atoms with Gasteiger partial charge in [0.05, 0.1) is 12.6 Å². The fourth-order valence-corrected chi connectivity index (χ4v) is 1.63. The maximum atomic E-state index is 11.7. The van der Waals surface area contributed by atoms with Gasteiger partial charge in [-0.1, -0.05) is 12.1 Å². The van der Waals surface area contributed by atoms with Gasteiger partial charge in [-0.2, -0.15) is 0 Å². The molecule has 0 aromatic carbocycles. The van der Waals surface area contributed by atoms with Crippen LogP contribution < -0.4 is 16.0 Å². The molecule has 2 rings (SSSR count). The van der Waals surface area contributed by atoms with Gasteiger partial charge < -0.3 is 10.5 Å². The van der Waals surface area contributed by atoms with Crippen molar-refractivity contribution in [2.24, 2.45) is 5.73 Å². The minimum absolute atomic E-state index is 0.111. The van der Waals surface area contributed by atoms with Gasteiger partial charge in [-0.3, -0.25) is 4.79 Å². The predicted octanol–water partition coefficient (Wildman–Crippen LogP) is 0.767. The smallest absolute Gasteiger partial charge is 0.257 e. The number of hydrogen-bond donors (Lipinski definition) is 1. The van der Waals surface area contributed by atoms with Crippen LogP contribution in [0.4, 0.5) is 0 Å². The topological polar surface area (TPSA) is 56.7 Å². The summed E-state index contributed by atoms with van der Waals surface area (Å²) in [5.41, 5.74) is 7.21. The van der Waals surface area contributed by atoms with Crippen LogP contribution in [0.5, 0.6) is 5.88 Å². The highest BCUT2D eigenvalue weighted by molar-refractivity contribution is 5.56. The number of nitrogens with zero attached hydrogens (tertiary/aromatic N) is 1. The van der Waals surface area contributed by atoms with Crippen LogP contribution in [-0.2, 0) is 6.54 Å². The van der Waals surface area contributed by atoms with Crippen LogP contribution in [0.15, 0.2) is 35.1 Å². The molecule has 0 fully saturated rings. The summed E-state index contributed by atoms with van der Waals surface area (Å²) >= 11 is 0. The third-order valence-electron chi connectivity index (χ3n) is 2.36. The summed E-state index contributed by atoms with van der Waals surface area (Å²) in [6.45, 7) is 0.400. The Morgan fingerprint density at radius 3 is 2.80 bits per heavy atom. The van der Waals surface area contributed by atoms with Crippen molar-refractivity contribution in [2.75, 3.05) is 7.11 Å². The average Bonchev–Trinajstić information content (AvgIpc) is 2.29. The average molecular weight is 204 g/mol. The molecule has 0 aliphatic rings. The molecule has 15 heavy (non-hydrogen) atoms. The first-order chi connectivity index (χ1) is 7.27. The van der Waals surface area contributed by atoms with E-state index in [9.17, 15) is 4.79 Å². The molecule has 0 atom stereocenters. The molecular formula is C11H12N2O2. The maximum Gasteiger partial charge on any atom is 0.257 e. The fraction of sp³-hybridized carbons (Fsp3) is 0.182. The molecule has 0 radical (unpaired) electrons. The molecule has 4 heteroatoms. The molecule has 2 aromatic rings. The Morgan fingerprint density at radius 2 is 2.13 bits per heavy atom. The largest absolute Gasteiger partial charge is 0.482 e.